The van der Waals surface area contributed by atoms with Gasteiger partial charge in [0.2, 0.25) is 5.91 Å². The van der Waals surface area contributed by atoms with Gasteiger partial charge >= 0.3 is 6.36 Å². The first-order chi connectivity index (χ1) is 17.7. The minimum Gasteiger partial charge on any atom is -0.403 e. The van der Waals surface area contributed by atoms with E-state index in [1.807, 2.05) is 4.90 Å². The van der Waals surface area contributed by atoms with E-state index in [0.717, 1.165) is 30.5 Å². The Bertz CT molecular complexity index is 1290. The van der Waals surface area contributed by atoms with Gasteiger partial charge in [-0.25, -0.2) is 4.39 Å². The Morgan fingerprint density at radius 1 is 1.03 bits per heavy atom. The van der Waals surface area contributed by atoms with Gasteiger partial charge in [0.15, 0.2) is 11.6 Å². The fourth-order valence-electron chi connectivity index (χ4n) is 5.24. The van der Waals surface area contributed by atoms with Crippen LogP contribution in [0.2, 0.25) is 0 Å². The van der Waals surface area contributed by atoms with Crippen molar-refractivity contribution in [2.24, 2.45) is 11.8 Å². The lowest BCUT2D eigenvalue weighted by atomic mass is 9.92. The predicted octanol–water partition coefficient (Wildman–Crippen LogP) is 3.94. The van der Waals surface area contributed by atoms with Crippen LogP contribution in [0.4, 0.5) is 17.6 Å². The van der Waals surface area contributed by atoms with Crippen molar-refractivity contribution >= 4 is 22.8 Å². The number of alkyl halides is 3. The number of hydrogen-bond donors (Lipinski definition) is 1. The number of hydrogen-bond acceptors (Lipinski definition) is 5. The topological polar surface area (TPSA) is 91.4 Å². The van der Waals surface area contributed by atoms with Gasteiger partial charge in [0.25, 0.3) is 5.91 Å². The molecule has 196 valence electrons. The molecule has 3 aromatic rings. The summed E-state index contributed by atoms with van der Waals surface area (Å²) in [7, 11) is 0. The largest absolute Gasteiger partial charge is 0.573 e. The number of fused-ring (bicyclic) bond motifs is 2. The number of aromatic amines is 1. The zero-order valence-electron chi connectivity index (χ0n) is 19.8. The van der Waals surface area contributed by atoms with Crippen molar-refractivity contribution in [1.82, 2.24) is 25.2 Å². The third-order valence-electron chi connectivity index (χ3n) is 7.18. The zero-order valence-corrected chi connectivity index (χ0v) is 19.8. The Morgan fingerprint density at radius 3 is 2.43 bits per heavy atom. The molecule has 2 atom stereocenters. The second-order valence-electron chi connectivity index (χ2n) is 9.54. The summed E-state index contributed by atoms with van der Waals surface area (Å²) >= 11 is 0. The summed E-state index contributed by atoms with van der Waals surface area (Å²) < 4.78 is 54.5. The lowest BCUT2D eigenvalue weighted by molar-refractivity contribution is -0.275. The summed E-state index contributed by atoms with van der Waals surface area (Å²) in [6.45, 7) is 2.40. The van der Waals surface area contributed by atoms with Crippen LogP contribution in [-0.2, 0) is 11.2 Å². The van der Waals surface area contributed by atoms with Gasteiger partial charge in [0.05, 0.1) is 5.52 Å². The molecule has 1 aromatic heterocycles. The van der Waals surface area contributed by atoms with Gasteiger partial charge in [-0.05, 0) is 67.0 Å². The van der Waals surface area contributed by atoms with E-state index in [1.165, 1.54) is 6.07 Å². The smallest absolute Gasteiger partial charge is 0.403 e. The summed E-state index contributed by atoms with van der Waals surface area (Å²) in [5.41, 5.74) is 2.40. The Balaban J connectivity index is 1.12. The average Bonchev–Trinajstić information content (AvgIpc) is 3.44. The molecule has 5 rings (SSSR count). The maximum atomic E-state index is 13.9. The molecule has 0 saturated carbocycles. The van der Waals surface area contributed by atoms with E-state index >= 15 is 0 Å². The molecule has 2 unspecified atom stereocenters. The van der Waals surface area contributed by atoms with Crippen molar-refractivity contribution in [3.63, 3.8) is 0 Å². The summed E-state index contributed by atoms with van der Waals surface area (Å²) in [5, 5.41) is 10.5. The summed E-state index contributed by atoms with van der Waals surface area (Å²) in [6, 6.07) is 8.51. The Labute approximate surface area is 209 Å². The van der Waals surface area contributed by atoms with E-state index in [1.54, 1.807) is 23.1 Å². The van der Waals surface area contributed by atoms with Crippen LogP contribution in [0.5, 0.6) is 5.75 Å². The third kappa shape index (κ3) is 5.67. The molecule has 2 saturated heterocycles. The molecule has 0 spiro atoms. The van der Waals surface area contributed by atoms with Gasteiger partial charge in [-0.1, -0.05) is 11.3 Å². The number of nitrogens with zero attached hydrogens (tertiary/aromatic N) is 4. The number of carbonyl (C=O) groups excluding carboxylic acids is 2. The molecule has 8 nitrogen and oxygen atoms in total. The molecule has 2 aromatic carbocycles. The van der Waals surface area contributed by atoms with Gasteiger partial charge in [0, 0.05) is 38.2 Å². The minimum atomic E-state index is -4.97. The maximum absolute atomic E-state index is 13.9. The van der Waals surface area contributed by atoms with E-state index in [-0.39, 0.29) is 24.7 Å². The second kappa shape index (κ2) is 9.98. The molecule has 0 aliphatic carbocycles. The van der Waals surface area contributed by atoms with Gasteiger partial charge in [-0.15, -0.1) is 18.3 Å². The molecular weight excluding hydrogens is 494 g/mol. The SMILES string of the molecule is O=C(CCc1ccc(OC(F)(F)F)c(F)c1)N1CCC2CN(C(=O)c3ccc4[nH]nnc4c3)CC2CC1. The van der Waals surface area contributed by atoms with Crippen LogP contribution >= 0.6 is 0 Å². The van der Waals surface area contributed by atoms with Crippen LogP contribution in [0.3, 0.4) is 0 Å². The normalized spacial score (nSPS) is 20.1. The van der Waals surface area contributed by atoms with E-state index in [0.29, 0.717) is 54.7 Å². The highest BCUT2D eigenvalue weighted by atomic mass is 19.4. The van der Waals surface area contributed by atoms with Gasteiger partial charge in [-0.3, -0.25) is 14.7 Å². The van der Waals surface area contributed by atoms with Gasteiger partial charge in [0.1, 0.15) is 5.52 Å². The molecule has 37 heavy (non-hydrogen) atoms. The molecule has 12 heteroatoms. The number of ether oxygens (including phenoxy) is 1. The molecular formula is C25H25F4N5O3. The predicted molar refractivity (Wildman–Crippen MR) is 124 cm³/mol. The molecule has 0 bridgehead atoms. The quantitative estimate of drug-likeness (QED) is 0.516. The fourth-order valence-corrected chi connectivity index (χ4v) is 5.24. The van der Waals surface area contributed by atoms with Crippen molar-refractivity contribution < 1.29 is 31.9 Å². The first kappa shape index (κ1) is 25.0. The van der Waals surface area contributed by atoms with E-state index < -0.39 is 17.9 Å². The number of likely N-dealkylation sites (tertiary alicyclic amines) is 2. The third-order valence-corrected chi connectivity index (χ3v) is 7.18. The monoisotopic (exact) mass is 519 g/mol. The highest BCUT2D eigenvalue weighted by Crippen LogP contribution is 2.33. The van der Waals surface area contributed by atoms with E-state index in [4.69, 9.17) is 0 Å². The number of nitrogens with one attached hydrogen (secondary N) is 1. The molecule has 0 radical (unpaired) electrons. The molecule has 1 N–H and O–H groups in total. The number of benzene rings is 2. The van der Waals surface area contributed by atoms with E-state index in [9.17, 15) is 27.2 Å². The number of rotatable bonds is 5. The molecule has 2 fully saturated rings. The van der Waals surface area contributed by atoms with Crippen LogP contribution in [0, 0.1) is 17.7 Å². The molecule has 2 aliphatic heterocycles. The number of aromatic nitrogens is 3. The van der Waals surface area contributed by atoms with Crippen molar-refractivity contribution in [2.75, 3.05) is 26.2 Å². The number of aryl methyl sites for hydroxylation is 1. The number of H-pyrrole nitrogens is 1. The molecule has 2 aliphatic rings. The Hall–Kier alpha value is -3.70. The van der Waals surface area contributed by atoms with Crippen molar-refractivity contribution in [3.8, 4) is 5.75 Å². The standard InChI is InChI=1S/C25H25F4N5O3/c26-19-11-15(1-5-22(19)37-25(27,28)29)2-6-23(35)33-9-7-17-13-34(14-18(17)8-10-33)24(36)16-3-4-20-21(12-16)31-32-30-20/h1,3-5,11-12,17-18H,2,6-10,13-14H2,(H,30,31,32). The lowest BCUT2D eigenvalue weighted by Gasteiger charge is -2.22. The maximum Gasteiger partial charge on any atom is 0.573 e. The Morgan fingerprint density at radius 2 is 1.76 bits per heavy atom. The highest BCUT2D eigenvalue weighted by Gasteiger charge is 2.38. The van der Waals surface area contributed by atoms with Gasteiger partial charge < -0.3 is 14.5 Å². The first-order valence-electron chi connectivity index (χ1n) is 12.1. The van der Waals surface area contributed by atoms with Crippen LogP contribution in [0.25, 0.3) is 11.0 Å². The van der Waals surface area contributed by atoms with Crippen LogP contribution in [0.15, 0.2) is 36.4 Å². The summed E-state index contributed by atoms with van der Waals surface area (Å²) in [5.74, 6) is -1.53. The summed E-state index contributed by atoms with van der Waals surface area (Å²) in [6.07, 6.45) is -3.08. The van der Waals surface area contributed by atoms with Crippen molar-refractivity contribution in [3.05, 3.63) is 53.3 Å². The fraction of sp³-hybridized carbons (Fsp3) is 0.440. The lowest BCUT2D eigenvalue weighted by Crippen LogP contribution is -2.34. The van der Waals surface area contributed by atoms with Crippen LogP contribution in [0.1, 0.15) is 35.2 Å². The van der Waals surface area contributed by atoms with E-state index in [2.05, 4.69) is 20.1 Å². The Kier molecular flexibility index (Phi) is 6.74. The zero-order chi connectivity index (χ0) is 26.2. The minimum absolute atomic E-state index is 0.0372. The molecule has 2 amide bonds. The second-order valence-corrected chi connectivity index (χ2v) is 9.54. The molecule has 3 heterocycles. The highest BCUT2D eigenvalue weighted by molar-refractivity contribution is 5.97. The summed E-state index contributed by atoms with van der Waals surface area (Å²) in [4.78, 5) is 29.5. The number of halogens is 4. The van der Waals surface area contributed by atoms with Gasteiger partial charge in [-0.2, -0.15) is 0 Å². The van der Waals surface area contributed by atoms with Crippen LogP contribution < -0.4 is 4.74 Å². The van der Waals surface area contributed by atoms with Crippen molar-refractivity contribution in [1.29, 1.82) is 0 Å². The average molecular weight is 519 g/mol. The first-order valence-corrected chi connectivity index (χ1v) is 12.1. The van der Waals surface area contributed by atoms with Crippen molar-refractivity contribution in [2.45, 2.75) is 32.0 Å². The number of amides is 2. The number of carbonyl (C=O) groups is 2. The van der Waals surface area contributed by atoms with Crippen LogP contribution in [-0.4, -0.2) is 69.6 Å².